The molecule has 4 rings (SSSR count). The molecule has 2 aliphatic heterocycles. The van der Waals surface area contributed by atoms with Crippen molar-refractivity contribution in [3.05, 3.63) is 53.1 Å². The lowest BCUT2D eigenvalue weighted by Crippen LogP contribution is -2.28. The quantitative estimate of drug-likeness (QED) is 0.794. The third kappa shape index (κ3) is 3.69. The van der Waals surface area contributed by atoms with Crippen molar-refractivity contribution in [2.45, 2.75) is 32.4 Å². The summed E-state index contributed by atoms with van der Waals surface area (Å²) in [7, 11) is 5.42. The van der Waals surface area contributed by atoms with Gasteiger partial charge in [-0.2, -0.15) is 0 Å². The third-order valence-corrected chi connectivity index (χ3v) is 5.40. The molecular weight excluding hydrogens is 340 g/mol. The molecule has 144 valence electrons. The maximum Gasteiger partial charge on any atom is 0.161 e. The Labute approximate surface area is 161 Å². The predicted molar refractivity (Wildman–Crippen MR) is 106 cm³/mol. The first-order valence-electron chi connectivity index (χ1n) is 9.66. The fourth-order valence-electron chi connectivity index (χ4n) is 4.05. The number of ether oxygens (including phenoxy) is 2. The number of furan rings is 1. The highest BCUT2D eigenvalue weighted by Crippen LogP contribution is 2.37. The highest BCUT2D eigenvalue weighted by atomic mass is 16.5. The van der Waals surface area contributed by atoms with Crippen LogP contribution in [0.1, 0.15) is 41.9 Å². The minimum Gasteiger partial charge on any atom is -0.493 e. The topological polar surface area (TPSA) is 38.1 Å². The minimum absolute atomic E-state index is 0.728. The normalized spacial score (nSPS) is 17.4. The number of fused-ring (bicyclic) bond motifs is 1. The predicted octanol–water partition coefficient (Wildman–Crippen LogP) is 4.12. The van der Waals surface area contributed by atoms with Gasteiger partial charge in [0.2, 0.25) is 0 Å². The molecular formula is C22H28N2O3. The average Bonchev–Trinajstić information content (AvgIpc) is 3.09. The van der Waals surface area contributed by atoms with Crippen LogP contribution in [0.2, 0.25) is 0 Å². The van der Waals surface area contributed by atoms with Gasteiger partial charge in [-0.05, 0) is 49.7 Å². The number of piperidine rings is 1. The summed E-state index contributed by atoms with van der Waals surface area (Å²) in [5, 5.41) is 0. The third-order valence-electron chi connectivity index (χ3n) is 5.40. The molecule has 2 aliphatic rings. The Balaban J connectivity index is 1.65. The van der Waals surface area contributed by atoms with Gasteiger partial charge in [0.25, 0.3) is 0 Å². The zero-order valence-corrected chi connectivity index (χ0v) is 16.5. The van der Waals surface area contributed by atoms with Gasteiger partial charge < -0.3 is 18.8 Å². The lowest BCUT2D eigenvalue weighted by Gasteiger charge is -2.25. The van der Waals surface area contributed by atoms with E-state index in [0.717, 1.165) is 47.2 Å². The van der Waals surface area contributed by atoms with E-state index in [-0.39, 0.29) is 0 Å². The molecule has 0 spiro atoms. The molecule has 5 nitrogen and oxygen atoms in total. The molecule has 1 saturated heterocycles. The molecule has 1 fully saturated rings. The van der Waals surface area contributed by atoms with Gasteiger partial charge in [0.1, 0.15) is 11.5 Å². The Morgan fingerprint density at radius 1 is 1.00 bits per heavy atom. The van der Waals surface area contributed by atoms with E-state index in [1.807, 2.05) is 12.1 Å². The van der Waals surface area contributed by atoms with E-state index < -0.39 is 0 Å². The van der Waals surface area contributed by atoms with Crippen LogP contribution in [0.3, 0.4) is 0 Å². The van der Waals surface area contributed by atoms with E-state index in [1.54, 1.807) is 14.2 Å². The lowest BCUT2D eigenvalue weighted by molar-refractivity contribution is 0.204. The average molecular weight is 368 g/mol. The smallest absolute Gasteiger partial charge is 0.161 e. The molecule has 0 unspecified atom stereocenters. The van der Waals surface area contributed by atoms with Crippen molar-refractivity contribution in [3.63, 3.8) is 0 Å². The van der Waals surface area contributed by atoms with E-state index in [1.165, 1.54) is 37.9 Å². The number of rotatable bonds is 5. The number of methoxy groups -OCH3 is 2. The van der Waals surface area contributed by atoms with Crippen LogP contribution >= 0.6 is 0 Å². The molecule has 27 heavy (non-hydrogen) atoms. The molecule has 0 atom stereocenters. The molecule has 0 radical (unpaired) electrons. The Kier molecular flexibility index (Phi) is 5.12. The second-order valence-electron chi connectivity index (χ2n) is 7.43. The van der Waals surface area contributed by atoms with Crippen LogP contribution in [0.5, 0.6) is 11.5 Å². The van der Waals surface area contributed by atoms with Gasteiger partial charge in [0, 0.05) is 30.9 Å². The van der Waals surface area contributed by atoms with E-state index in [2.05, 4.69) is 35.2 Å². The van der Waals surface area contributed by atoms with Crippen LogP contribution in [-0.4, -0.2) is 44.2 Å². The van der Waals surface area contributed by atoms with Gasteiger partial charge >= 0.3 is 0 Å². The van der Waals surface area contributed by atoms with Gasteiger partial charge in [-0.1, -0.05) is 12.5 Å². The Bertz CT molecular complexity index is 834. The highest BCUT2D eigenvalue weighted by molar-refractivity contribution is 5.80. The van der Waals surface area contributed by atoms with E-state index in [9.17, 15) is 0 Å². The number of nitrogens with zero attached hydrogens (tertiary/aromatic N) is 2. The summed E-state index contributed by atoms with van der Waals surface area (Å²) in [6, 6.07) is 8.25. The van der Waals surface area contributed by atoms with E-state index >= 15 is 0 Å². The standard InChI is InChI=1S/C22H28N2O3/c1-23-13-17-11-18(14-24-9-5-4-6-10-24)27-22(17)19(15-23)16-7-8-20(25-2)21(12-16)26-3/h7-8,11-12,15H,4-6,9-10,13-14H2,1-3H3. The molecule has 0 bridgehead atoms. The molecule has 0 aliphatic carbocycles. The number of likely N-dealkylation sites (tertiary alicyclic amines) is 1. The van der Waals surface area contributed by atoms with Crippen molar-refractivity contribution in [2.24, 2.45) is 0 Å². The van der Waals surface area contributed by atoms with Gasteiger partial charge in [-0.25, -0.2) is 0 Å². The monoisotopic (exact) mass is 368 g/mol. The summed E-state index contributed by atoms with van der Waals surface area (Å²) in [5.41, 5.74) is 3.40. The van der Waals surface area contributed by atoms with E-state index in [4.69, 9.17) is 13.9 Å². The highest BCUT2D eigenvalue weighted by Gasteiger charge is 2.24. The van der Waals surface area contributed by atoms with Crippen molar-refractivity contribution < 1.29 is 13.9 Å². The lowest BCUT2D eigenvalue weighted by atomic mass is 9.98. The zero-order chi connectivity index (χ0) is 18.8. The minimum atomic E-state index is 0.728. The van der Waals surface area contributed by atoms with Gasteiger partial charge in [0.15, 0.2) is 11.5 Å². The van der Waals surface area contributed by atoms with Gasteiger partial charge in [-0.3, -0.25) is 4.90 Å². The maximum atomic E-state index is 6.35. The van der Waals surface area contributed by atoms with Crippen LogP contribution in [0.15, 0.2) is 34.9 Å². The van der Waals surface area contributed by atoms with Crippen LogP contribution < -0.4 is 9.47 Å². The van der Waals surface area contributed by atoms with Crippen molar-refractivity contribution in [1.82, 2.24) is 9.80 Å². The fourth-order valence-corrected chi connectivity index (χ4v) is 4.05. The fraction of sp³-hybridized carbons (Fsp3) is 0.455. The Morgan fingerprint density at radius 3 is 2.52 bits per heavy atom. The summed E-state index contributed by atoms with van der Waals surface area (Å²) in [4.78, 5) is 4.70. The van der Waals surface area contributed by atoms with Crippen LogP contribution in [0, 0.1) is 0 Å². The van der Waals surface area contributed by atoms with Crippen LogP contribution in [-0.2, 0) is 13.1 Å². The molecule has 5 heteroatoms. The second kappa shape index (κ2) is 7.69. The van der Waals surface area contributed by atoms with Gasteiger partial charge in [0.05, 0.1) is 20.8 Å². The summed E-state index contributed by atoms with van der Waals surface area (Å²) in [6.45, 7) is 4.11. The van der Waals surface area contributed by atoms with Gasteiger partial charge in [-0.15, -0.1) is 0 Å². The van der Waals surface area contributed by atoms with Crippen LogP contribution in [0.4, 0.5) is 0 Å². The van der Waals surface area contributed by atoms with Crippen molar-refractivity contribution in [1.29, 1.82) is 0 Å². The molecule has 1 aromatic heterocycles. The molecule has 0 N–H and O–H groups in total. The summed E-state index contributed by atoms with van der Waals surface area (Å²) >= 11 is 0. The SMILES string of the molecule is COc1ccc(C2=CN(C)Cc3cc(CN4CCCCC4)oc32)cc1OC. The molecule has 0 amide bonds. The summed E-state index contributed by atoms with van der Waals surface area (Å²) < 4.78 is 17.2. The van der Waals surface area contributed by atoms with Crippen LogP contribution in [0.25, 0.3) is 5.57 Å². The molecule has 3 heterocycles. The number of hydrogen-bond donors (Lipinski definition) is 0. The molecule has 0 saturated carbocycles. The zero-order valence-electron chi connectivity index (χ0n) is 16.5. The first-order chi connectivity index (χ1) is 13.2. The second-order valence-corrected chi connectivity index (χ2v) is 7.43. The molecule has 2 aromatic rings. The first kappa shape index (κ1) is 18.0. The summed E-state index contributed by atoms with van der Waals surface area (Å²) in [5.74, 6) is 3.50. The van der Waals surface area contributed by atoms with Crippen molar-refractivity contribution >= 4 is 5.57 Å². The Hall–Kier alpha value is -2.40. The summed E-state index contributed by atoms with van der Waals surface area (Å²) in [6.07, 6.45) is 6.08. The number of benzene rings is 1. The first-order valence-corrected chi connectivity index (χ1v) is 9.66. The van der Waals surface area contributed by atoms with E-state index in [0.29, 0.717) is 0 Å². The van der Waals surface area contributed by atoms with Crippen molar-refractivity contribution in [2.75, 3.05) is 34.4 Å². The Morgan fingerprint density at radius 2 is 1.78 bits per heavy atom. The maximum absolute atomic E-state index is 6.35. The number of hydrogen-bond acceptors (Lipinski definition) is 5. The largest absolute Gasteiger partial charge is 0.493 e. The molecule has 1 aromatic carbocycles. The van der Waals surface area contributed by atoms with Crippen molar-refractivity contribution in [3.8, 4) is 11.5 Å².